The first-order valence-electron chi connectivity index (χ1n) is 6.35. The Bertz CT molecular complexity index is 344. The van der Waals surface area contributed by atoms with Crippen LogP contribution >= 0.6 is 11.6 Å². The summed E-state index contributed by atoms with van der Waals surface area (Å²) in [7, 11) is 0. The molecule has 0 radical (unpaired) electrons. The highest BCUT2D eigenvalue weighted by Gasteiger charge is 2.09. The molecule has 0 fully saturated rings. The lowest BCUT2D eigenvalue weighted by Gasteiger charge is -2.20. The van der Waals surface area contributed by atoms with Crippen molar-refractivity contribution in [2.24, 2.45) is 0 Å². The van der Waals surface area contributed by atoms with Gasteiger partial charge in [0.25, 0.3) is 0 Å². The molecule has 0 saturated heterocycles. The molecule has 4 heteroatoms. The van der Waals surface area contributed by atoms with Crippen LogP contribution in [-0.4, -0.2) is 31.9 Å². The number of rotatable bonds is 8. The van der Waals surface area contributed by atoms with Crippen molar-refractivity contribution >= 4 is 11.6 Å². The van der Waals surface area contributed by atoms with Crippen LogP contribution in [0.4, 0.5) is 0 Å². The Kier molecular flexibility index (Phi) is 7.09. The maximum atomic E-state index is 5.90. The molecule has 1 N–H and O–H groups in total. The number of nitrogens with one attached hydrogen (secondary N) is 1. The summed E-state index contributed by atoms with van der Waals surface area (Å²) in [6.07, 6.45) is 0.234. The second-order valence-corrected chi connectivity index (χ2v) is 4.84. The number of benzene rings is 1. The van der Waals surface area contributed by atoms with Gasteiger partial charge in [0.1, 0.15) is 12.4 Å². The molecule has 18 heavy (non-hydrogen) atoms. The van der Waals surface area contributed by atoms with Gasteiger partial charge in [-0.1, -0.05) is 24.6 Å². The number of hydrogen-bond donors (Lipinski definition) is 1. The molecule has 0 aliphatic heterocycles. The minimum Gasteiger partial charge on any atom is -0.492 e. The monoisotopic (exact) mass is 271 g/mol. The fourth-order valence-electron chi connectivity index (χ4n) is 1.52. The molecule has 0 saturated carbocycles. The summed E-state index contributed by atoms with van der Waals surface area (Å²) in [6, 6.07) is 7.62. The molecular weight excluding hydrogens is 250 g/mol. The van der Waals surface area contributed by atoms with E-state index in [2.05, 4.69) is 12.2 Å². The van der Waals surface area contributed by atoms with Gasteiger partial charge in [-0.2, -0.15) is 0 Å². The Hall–Kier alpha value is -0.770. The molecule has 1 rings (SSSR count). The molecule has 0 heterocycles. The van der Waals surface area contributed by atoms with E-state index < -0.39 is 0 Å². The molecule has 1 aromatic carbocycles. The van der Waals surface area contributed by atoms with Crippen molar-refractivity contribution in [3.8, 4) is 5.75 Å². The van der Waals surface area contributed by atoms with Gasteiger partial charge in [-0.15, -0.1) is 0 Å². The molecule has 1 unspecified atom stereocenters. The summed E-state index contributed by atoms with van der Waals surface area (Å²) in [5, 5.41) is 4.03. The maximum absolute atomic E-state index is 5.90. The van der Waals surface area contributed by atoms with Gasteiger partial charge in [0.05, 0.1) is 18.8 Å². The second-order valence-electron chi connectivity index (χ2n) is 4.41. The molecular formula is C14H22ClNO2. The molecule has 0 aliphatic rings. The number of likely N-dealkylation sites (N-methyl/N-ethyl adjacent to an activating group) is 1. The van der Waals surface area contributed by atoms with E-state index >= 15 is 0 Å². The van der Waals surface area contributed by atoms with Crippen LogP contribution in [0.25, 0.3) is 0 Å². The fourth-order valence-corrected chi connectivity index (χ4v) is 1.70. The van der Waals surface area contributed by atoms with Crippen molar-refractivity contribution in [3.05, 3.63) is 29.3 Å². The zero-order chi connectivity index (χ0) is 13.4. The van der Waals surface area contributed by atoms with E-state index in [4.69, 9.17) is 21.1 Å². The molecule has 102 valence electrons. The minimum atomic E-state index is 0.191. The number of ether oxygens (including phenoxy) is 2. The van der Waals surface area contributed by atoms with E-state index in [1.54, 1.807) is 0 Å². The third-order valence-electron chi connectivity index (χ3n) is 2.37. The van der Waals surface area contributed by atoms with E-state index in [0.29, 0.717) is 18.2 Å². The van der Waals surface area contributed by atoms with E-state index in [1.165, 1.54) is 0 Å². The first kappa shape index (κ1) is 15.3. The van der Waals surface area contributed by atoms with Crippen molar-refractivity contribution < 1.29 is 9.47 Å². The summed E-state index contributed by atoms with van der Waals surface area (Å²) >= 11 is 5.90. The van der Waals surface area contributed by atoms with Gasteiger partial charge >= 0.3 is 0 Å². The highest BCUT2D eigenvalue weighted by Crippen LogP contribution is 2.17. The van der Waals surface area contributed by atoms with Crippen molar-refractivity contribution in [2.45, 2.75) is 32.9 Å². The normalized spacial score (nSPS) is 12.7. The average molecular weight is 272 g/mol. The van der Waals surface area contributed by atoms with Crippen LogP contribution in [0.1, 0.15) is 20.8 Å². The largest absolute Gasteiger partial charge is 0.492 e. The molecule has 1 aromatic rings. The first-order valence-corrected chi connectivity index (χ1v) is 6.73. The van der Waals surface area contributed by atoms with Crippen LogP contribution < -0.4 is 10.1 Å². The van der Waals surface area contributed by atoms with Crippen LogP contribution in [0.2, 0.25) is 5.02 Å². The summed E-state index contributed by atoms with van der Waals surface area (Å²) in [6.45, 7) is 8.24. The smallest absolute Gasteiger partial charge is 0.120 e. The van der Waals surface area contributed by atoms with Crippen molar-refractivity contribution in [2.75, 3.05) is 19.8 Å². The Morgan fingerprint density at radius 1 is 1.28 bits per heavy atom. The molecule has 0 aromatic heterocycles. The molecule has 0 spiro atoms. The fraction of sp³-hybridized carbons (Fsp3) is 0.571. The maximum Gasteiger partial charge on any atom is 0.120 e. The highest BCUT2D eigenvalue weighted by molar-refractivity contribution is 6.30. The third kappa shape index (κ3) is 6.24. The van der Waals surface area contributed by atoms with Gasteiger partial charge in [-0.25, -0.2) is 0 Å². The lowest BCUT2D eigenvalue weighted by molar-refractivity contribution is 0.0505. The van der Waals surface area contributed by atoms with Crippen LogP contribution in [0.5, 0.6) is 5.75 Å². The topological polar surface area (TPSA) is 30.5 Å². The Balaban J connectivity index is 2.41. The predicted molar refractivity (Wildman–Crippen MR) is 75.5 cm³/mol. The van der Waals surface area contributed by atoms with Crippen molar-refractivity contribution in [1.29, 1.82) is 0 Å². The van der Waals surface area contributed by atoms with Gasteiger partial charge in [0.15, 0.2) is 0 Å². The van der Waals surface area contributed by atoms with E-state index in [0.717, 1.165) is 12.3 Å². The van der Waals surface area contributed by atoms with E-state index in [-0.39, 0.29) is 12.1 Å². The van der Waals surface area contributed by atoms with E-state index in [9.17, 15) is 0 Å². The second kappa shape index (κ2) is 8.35. The van der Waals surface area contributed by atoms with Crippen molar-refractivity contribution in [3.63, 3.8) is 0 Å². The van der Waals surface area contributed by atoms with E-state index in [1.807, 2.05) is 38.1 Å². The van der Waals surface area contributed by atoms with Gasteiger partial charge in [0, 0.05) is 5.02 Å². The standard InChI is InChI=1S/C14H22ClNO2/c1-4-16-13(9-17-11(2)3)10-18-14-7-5-6-12(15)8-14/h5-8,11,13,16H,4,9-10H2,1-3H3. The van der Waals surface area contributed by atoms with Crippen LogP contribution in [0.15, 0.2) is 24.3 Å². The molecule has 0 amide bonds. The lowest BCUT2D eigenvalue weighted by atomic mass is 10.3. The Labute approximate surface area is 114 Å². The predicted octanol–water partition coefficient (Wildman–Crippen LogP) is 3.12. The average Bonchev–Trinajstić information content (AvgIpc) is 2.32. The summed E-state index contributed by atoms with van der Waals surface area (Å²) in [4.78, 5) is 0. The highest BCUT2D eigenvalue weighted by atomic mass is 35.5. The number of hydrogen-bond acceptors (Lipinski definition) is 3. The summed E-state index contributed by atoms with van der Waals surface area (Å²) in [5.41, 5.74) is 0. The van der Waals surface area contributed by atoms with Crippen LogP contribution in [0, 0.1) is 0 Å². The zero-order valence-corrected chi connectivity index (χ0v) is 12.0. The third-order valence-corrected chi connectivity index (χ3v) is 2.61. The molecule has 0 aliphatic carbocycles. The lowest BCUT2D eigenvalue weighted by Crippen LogP contribution is -2.39. The zero-order valence-electron chi connectivity index (χ0n) is 11.3. The summed E-state index contributed by atoms with van der Waals surface area (Å²) in [5.74, 6) is 0.787. The molecule has 3 nitrogen and oxygen atoms in total. The first-order chi connectivity index (χ1) is 8.61. The van der Waals surface area contributed by atoms with Gasteiger partial charge in [0.2, 0.25) is 0 Å². The number of halogens is 1. The quantitative estimate of drug-likeness (QED) is 0.788. The van der Waals surface area contributed by atoms with Gasteiger partial charge in [-0.05, 0) is 38.6 Å². The minimum absolute atomic E-state index is 0.191. The molecule has 1 atom stereocenters. The van der Waals surface area contributed by atoms with Gasteiger partial charge < -0.3 is 14.8 Å². The Morgan fingerprint density at radius 3 is 2.67 bits per heavy atom. The van der Waals surface area contributed by atoms with Crippen molar-refractivity contribution in [1.82, 2.24) is 5.32 Å². The summed E-state index contributed by atoms with van der Waals surface area (Å²) < 4.78 is 11.3. The SMILES string of the molecule is CCNC(COc1cccc(Cl)c1)COC(C)C. The van der Waals surface area contributed by atoms with Crippen LogP contribution in [0.3, 0.4) is 0 Å². The van der Waals surface area contributed by atoms with Gasteiger partial charge in [-0.3, -0.25) is 0 Å². The Morgan fingerprint density at radius 2 is 2.06 bits per heavy atom. The molecule has 0 bridgehead atoms. The van der Waals surface area contributed by atoms with Crippen LogP contribution in [-0.2, 0) is 4.74 Å².